The fourth-order valence-corrected chi connectivity index (χ4v) is 3.98. The number of esters is 1. The standard InChI is InChI=1S/C22H13ClO3S/c23-16-8-5-7-15(12-16)22(25)26-18-10-3-1-6-14(18)13-20-21(24)17-9-2-4-11-19(17)27-20/h1-13H/b20-13+. The minimum absolute atomic E-state index is 0.0217. The van der Waals surface area contributed by atoms with Crippen LogP contribution in [0.1, 0.15) is 26.3 Å². The number of carbonyl (C=O) groups excluding carboxylic acids is 2. The van der Waals surface area contributed by atoms with E-state index in [1.165, 1.54) is 11.8 Å². The summed E-state index contributed by atoms with van der Waals surface area (Å²) in [5.41, 5.74) is 1.72. The van der Waals surface area contributed by atoms with E-state index >= 15 is 0 Å². The first kappa shape index (κ1) is 17.6. The van der Waals surface area contributed by atoms with Crippen molar-refractivity contribution in [1.29, 1.82) is 0 Å². The van der Waals surface area contributed by atoms with E-state index in [2.05, 4.69) is 0 Å². The summed E-state index contributed by atoms with van der Waals surface area (Å²) in [5.74, 6) is -0.136. The molecule has 4 rings (SSSR count). The van der Waals surface area contributed by atoms with Gasteiger partial charge >= 0.3 is 5.97 Å². The van der Waals surface area contributed by atoms with Crippen LogP contribution < -0.4 is 4.74 Å². The zero-order chi connectivity index (χ0) is 18.8. The van der Waals surface area contributed by atoms with Crippen molar-refractivity contribution in [3.8, 4) is 5.75 Å². The number of thioether (sulfide) groups is 1. The van der Waals surface area contributed by atoms with Gasteiger partial charge in [-0.25, -0.2) is 4.79 Å². The molecule has 0 aromatic heterocycles. The van der Waals surface area contributed by atoms with E-state index in [-0.39, 0.29) is 5.78 Å². The molecule has 0 saturated carbocycles. The Labute approximate surface area is 165 Å². The maximum atomic E-state index is 12.6. The third kappa shape index (κ3) is 3.68. The molecular weight excluding hydrogens is 380 g/mol. The summed E-state index contributed by atoms with van der Waals surface area (Å²) in [6.07, 6.45) is 1.76. The number of hydrogen-bond acceptors (Lipinski definition) is 4. The maximum Gasteiger partial charge on any atom is 0.343 e. The topological polar surface area (TPSA) is 43.4 Å². The van der Waals surface area contributed by atoms with Gasteiger partial charge in [-0.15, -0.1) is 0 Å². The molecule has 0 atom stereocenters. The second-order valence-electron chi connectivity index (χ2n) is 5.87. The molecular formula is C22H13ClO3S. The van der Waals surface area contributed by atoms with Gasteiger partial charge in [0.05, 0.1) is 10.5 Å². The lowest BCUT2D eigenvalue weighted by Gasteiger charge is -2.08. The lowest BCUT2D eigenvalue weighted by molar-refractivity contribution is 0.0734. The molecule has 0 N–H and O–H groups in total. The van der Waals surface area contributed by atoms with Crippen molar-refractivity contribution >= 4 is 41.2 Å². The number of rotatable bonds is 3. The van der Waals surface area contributed by atoms with E-state index < -0.39 is 5.97 Å². The van der Waals surface area contributed by atoms with Gasteiger partial charge < -0.3 is 4.74 Å². The second kappa shape index (κ2) is 7.43. The maximum absolute atomic E-state index is 12.6. The van der Waals surface area contributed by atoms with Crippen molar-refractivity contribution < 1.29 is 14.3 Å². The second-order valence-corrected chi connectivity index (χ2v) is 7.39. The summed E-state index contributed by atoms with van der Waals surface area (Å²) < 4.78 is 5.55. The van der Waals surface area contributed by atoms with Gasteiger partial charge in [0.2, 0.25) is 5.78 Å². The van der Waals surface area contributed by atoms with Gasteiger partial charge in [-0.2, -0.15) is 0 Å². The van der Waals surface area contributed by atoms with Crippen molar-refractivity contribution in [2.45, 2.75) is 4.90 Å². The van der Waals surface area contributed by atoms with Crippen LogP contribution in [0.3, 0.4) is 0 Å². The van der Waals surface area contributed by atoms with Crippen molar-refractivity contribution in [2.75, 3.05) is 0 Å². The first-order valence-corrected chi connectivity index (χ1v) is 9.41. The number of benzene rings is 3. The SMILES string of the molecule is O=C(Oc1ccccc1/C=C1/Sc2ccccc2C1=O)c1cccc(Cl)c1. The van der Waals surface area contributed by atoms with Gasteiger partial charge in [-0.05, 0) is 42.5 Å². The first-order valence-electron chi connectivity index (χ1n) is 8.22. The van der Waals surface area contributed by atoms with Gasteiger partial charge in [0.1, 0.15) is 5.75 Å². The van der Waals surface area contributed by atoms with Crippen LogP contribution >= 0.6 is 23.4 Å². The molecule has 132 valence electrons. The zero-order valence-electron chi connectivity index (χ0n) is 14.0. The third-order valence-corrected chi connectivity index (χ3v) is 5.38. The van der Waals surface area contributed by atoms with Crippen molar-refractivity contribution in [2.24, 2.45) is 0 Å². The fourth-order valence-electron chi connectivity index (χ4n) is 2.74. The molecule has 0 unspecified atom stereocenters. The minimum Gasteiger partial charge on any atom is -0.422 e. The van der Waals surface area contributed by atoms with Crippen LogP contribution in [0, 0.1) is 0 Å². The lowest BCUT2D eigenvalue weighted by atomic mass is 10.1. The number of ether oxygens (including phenoxy) is 1. The molecule has 0 amide bonds. The summed E-state index contributed by atoms with van der Waals surface area (Å²) in [6, 6.07) is 21.2. The zero-order valence-corrected chi connectivity index (χ0v) is 15.6. The van der Waals surface area contributed by atoms with E-state index in [0.29, 0.717) is 32.4 Å². The molecule has 1 aliphatic rings. The average Bonchev–Trinajstić information content (AvgIpc) is 2.99. The first-order chi connectivity index (χ1) is 13.1. The van der Waals surface area contributed by atoms with Gasteiger partial charge in [0.25, 0.3) is 0 Å². The number of carbonyl (C=O) groups is 2. The average molecular weight is 393 g/mol. The monoisotopic (exact) mass is 392 g/mol. The highest BCUT2D eigenvalue weighted by molar-refractivity contribution is 8.04. The Bertz CT molecular complexity index is 1090. The molecule has 1 aliphatic heterocycles. The molecule has 3 nitrogen and oxygen atoms in total. The van der Waals surface area contributed by atoms with Crippen molar-refractivity contribution in [3.63, 3.8) is 0 Å². The van der Waals surface area contributed by atoms with E-state index in [9.17, 15) is 9.59 Å². The smallest absolute Gasteiger partial charge is 0.343 e. The summed E-state index contributed by atoms with van der Waals surface area (Å²) in [4.78, 5) is 26.5. The predicted molar refractivity (Wildman–Crippen MR) is 107 cm³/mol. The van der Waals surface area contributed by atoms with Gasteiger partial charge in [0, 0.05) is 21.0 Å². The highest BCUT2D eigenvalue weighted by Crippen LogP contribution is 2.41. The van der Waals surface area contributed by atoms with Gasteiger partial charge in [0.15, 0.2) is 0 Å². The molecule has 0 saturated heterocycles. The van der Waals surface area contributed by atoms with E-state index in [1.54, 1.807) is 42.5 Å². The minimum atomic E-state index is -0.503. The number of allylic oxidation sites excluding steroid dienone is 1. The summed E-state index contributed by atoms with van der Waals surface area (Å²) in [7, 11) is 0. The number of para-hydroxylation sites is 1. The molecule has 1 heterocycles. The van der Waals surface area contributed by atoms with Crippen LogP contribution in [-0.2, 0) is 0 Å². The van der Waals surface area contributed by atoms with E-state index in [4.69, 9.17) is 16.3 Å². The van der Waals surface area contributed by atoms with E-state index in [1.807, 2.05) is 36.4 Å². The Hall–Kier alpha value is -2.82. The molecule has 3 aromatic carbocycles. The normalized spacial score (nSPS) is 14.3. The lowest BCUT2D eigenvalue weighted by Crippen LogP contribution is -2.09. The number of fused-ring (bicyclic) bond motifs is 1. The van der Waals surface area contributed by atoms with Gasteiger partial charge in [-0.1, -0.05) is 59.8 Å². The number of ketones is 1. The van der Waals surface area contributed by atoms with Crippen LogP contribution in [0.15, 0.2) is 82.6 Å². The Morgan fingerprint density at radius 1 is 0.963 bits per heavy atom. The van der Waals surface area contributed by atoms with Crippen LogP contribution in [0.4, 0.5) is 0 Å². The molecule has 3 aromatic rings. The van der Waals surface area contributed by atoms with Crippen molar-refractivity contribution in [1.82, 2.24) is 0 Å². The van der Waals surface area contributed by atoms with Crippen LogP contribution in [-0.4, -0.2) is 11.8 Å². The Morgan fingerprint density at radius 3 is 2.56 bits per heavy atom. The van der Waals surface area contributed by atoms with Crippen molar-refractivity contribution in [3.05, 3.63) is 99.4 Å². The summed E-state index contributed by atoms with van der Waals surface area (Å²) in [5, 5.41) is 0.463. The van der Waals surface area contributed by atoms with Crippen LogP contribution in [0.2, 0.25) is 5.02 Å². The molecule has 0 bridgehead atoms. The predicted octanol–water partition coefficient (Wildman–Crippen LogP) is 5.89. The summed E-state index contributed by atoms with van der Waals surface area (Å²) in [6.45, 7) is 0. The Balaban J connectivity index is 1.63. The fraction of sp³-hybridized carbons (Fsp3) is 0. The molecule has 0 radical (unpaired) electrons. The Kier molecular flexibility index (Phi) is 4.84. The third-order valence-electron chi connectivity index (χ3n) is 4.04. The molecule has 0 aliphatic carbocycles. The molecule has 0 fully saturated rings. The quantitative estimate of drug-likeness (QED) is 0.316. The Morgan fingerprint density at radius 2 is 1.74 bits per heavy atom. The molecule has 27 heavy (non-hydrogen) atoms. The van der Waals surface area contributed by atoms with Crippen LogP contribution in [0.5, 0.6) is 5.75 Å². The van der Waals surface area contributed by atoms with Gasteiger partial charge in [-0.3, -0.25) is 4.79 Å². The number of hydrogen-bond donors (Lipinski definition) is 0. The van der Waals surface area contributed by atoms with Crippen LogP contribution in [0.25, 0.3) is 6.08 Å². The number of halogens is 1. The molecule has 0 spiro atoms. The highest BCUT2D eigenvalue weighted by atomic mass is 35.5. The summed E-state index contributed by atoms with van der Waals surface area (Å²) >= 11 is 7.36. The molecule has 5 heteroatoms. The largest absolute Gasteiger partial charge is 0.422 e. The number of Topliss-reactive ketones (excluding diaryl/α,β-unsaturated/α-hetero) is 1. The highest BCUT2D eigenvalue weighted by Gasteiger charge is 2.25. The van der Waals surface area contributed by atoms with E-state index in [0.717, 1.165) is 4.90 Å².